The highest BCUT2D eigenvalue weighted by atomic mass is 32.2. The summed E-state index contributed by atoms with van der Waals surface area (Å²) < 4.78 is 15.3. The molecule has 0 aliphatic carbocycles. The molecule has 0 amide bonds. The predicted octanol–water partition coefficient (Wildman–Crippen LogP) is 2.21. The molecule has 0 radical (unpaired) electrons. The van der Waals surface area contributed by atoms with Crippen LogP contribution >= 0.6 is 0 Å². The normalized spacial score (nSPS) is 21.3. The Kier molecular flexibility index (Phi) is 5.06. The van der Waals surface area contributed by atoms with Crippen molar-refractivity contribution >= 4 is 22.1 Å². The van der Waals surface area contributed by atoms with Gasteiger partial charge in [-0.05, 0) is 44.0 Å². The molecule has 0 spiro atoms. The van der Waals surface area contributed by atoms with Gasteiger partial charge < -0.3 is 15.0 Å². The molecule has 1 aromatic heterocycles. The van der Waals surface area contributed by atoms with Crippen LogP contribution in [0, 0.1) is 0 Å². The maximum Gasteiger partial charge on any atom is 0.219 e. The summed E-state index contributed by atoms with van der Waals surface area (Å²) in [5.41, 5.74) is 1.02. The quantitative estimate of drug-likeness (QED) is 0.843. The number of rotatable bonds is 3. The van der Waals surface area contributed by atoms with Crippen molar-refractivity contribution in [3.8, 4) is 5.88 Å². The lowest BCUT2D eigenvalue weighted by Crippen LogP contribution is -2.41. The van der Waals surface area contributed by atoms with Gasteiger partial charge in [-0.1, -0.05) is 13.0 Å². The first-order valence-electron chi connectivity index (χ1n) is 8.12. The molecule has 1 aliphatic rings. The fourth-order valence-electron chi connectivity index (χ4n) is 3.10. The van der Waals surface area contributed by atoms with Crippen LogP contribution < -0.4 is 5.32 Å². The van der Waals surface area contributed by atoms with Gasteiger partial charge in [0.25, 0.3) is 0 Å². The smallest absolute Gasteiger partial charge is 0.219 e. The lowest BCUT2D eigenvalue weighted by Gasteiger charge is -2.28. The summed E-state index contributed by atoms with van der Waals surface area (Å²) in [6.07, 6.45) is 3.45. The van der Waals surface area contributed by atoms with Crippen molar-refractivity contribution in [2.75, 3.05) is 19.6 Å². The molecule has 1 aliphatic heterocycles. The van der Waals surface area contributed by atoms with Gasteiger partial charge in [-0.3, -0.25) is 0 Å². The third-order valence-electron chi connectivity index (χ3n) is 4.38. The number of nitrogens with zero attached hydrogens (tertiary/aromatic N) is 2. The molecule has 6 heteroatoms. The monoisotopic (exact) mass is 333 g/mol. The largest absolute Gasteiger partial charge is 0.593 e. The van der Waals surface area contributed by atoms with Crippen LogP contribution in [-0.4, -0.2) is 44.6 Å². The van der Waals surface area contributed by atoms with E-state index in [9.17, 15) is 9.66 Å². The van der Waals surface area contributed by atoms with Crippen molar-refractivity contribution in [2.24, 2.45) is 0 Å². The minimum Gasteiger partial charge on any atom is -0.593 e. The predicted molar refractivity (Wildman–Crippen MR) is 92.8 cm³/mol. The van der Waals surface area contributed by atoms with E-state index in [-0.39, 0.29) is 11.9 Å². The first-order valence-corrected chi connectivity index (χ1v) is 9.23. The van der Waals surface area contributed by atoms with E-state index in [0.717, 1.165) is 48.3 Å². The molecule has 23 heavy (non-hydrogen) atoms. The molecule has 2 unspecified atom stereocenters. The standard InChI is InChI=1S/C17H23N3O2S/c1-3-13-11-19-17(21)14-6-4-7-15(16(13)14)23(22)20-9-5-8-18-10-12(20)2/h4,6-7,11-12,18H,3,5,8-10H2,1-2H3,(H,19,21). The first-order chi connectivity index (χ1) is 11.1. The van der Waals surface area contributed by atoms with E-state index in [1.54, 1.807) is 6.20 Å². The second-order valence-corrected chi connectivity index (χ2v) is 7.34. The molecular weight excluding hydrogens is 310 g/mol. The van der Waals surface area contributed by atoms with Crippen molar-refractivity contribution in [3.63, 3.8) is 0 Å². The van der Waals surface area contributed by atoms with Crippen molar-refractivity contribution in [3.05, 3.63) is 30.0 Å². The van der Waals surface area contributed by atoms with E-state index in [4.69, 9.17) is 0 Å². The summed E-state index contributed by atoms with van der Waals surface area (Å²) >= 11 is -1.25. The number of aryl methyl sites for hydroxylation is 1. The average molecular weight is 333 g/mol. The van der Waals surface area contributed by atoms with Crippen molar-refractivity contribution < 1.29 is 9.66 Å². The summed E-state index contributed by atoms with van der Waals surface area (Å²) in [5.74, 6) is 0.00151. The molecule has 2 N–H and O–H groups in total. The van der Waals surface area contributed by atoms with E-state index in [0.29, 0.717) is 5.39 Å². The SMILES string of the molecule is CCc1cnc(O)c2cccc([S+]([O-])N3CCCNCC3C)c12. The molecular formula is C17H23N3O2S. The fraction of sp³-hybridized carbons (Fsp3) is 0.471. The zero-order valence-corrected chi connectivity index (χ0v) is 14.4. The number of benzene rings is 1. The maximum absolute atomic E-state index is 13.3. The van der Waals surface area contributed by atoms with Gasteiger partial charge in [-0.2, -0.15) is 0 Å². The van der Waals surface area contributed by atoms with E-state index < -0.39 is 11.4 Å². The Morgan fingerprint density at radius 3 is 3.09 bits per heavy atom. The lowest BCUT2D eigenvalue weighted by atomic mass is 10.1. The lowest BCUT2D eigenvalue weighted by molar-refractivity contribution is 0.353. The van der Waals surface area contributed by atoms with E-state index in [1.165, 1.54) is 0 Å². The van der Waals surface area contributed by atoms with Gasteiger partial charge in [0.2, 0.25) is 5.88 Å². The number of aromatic hydroxyl groups is 1. The van der Waals surface area contributed by atoms with Crippen molar-refractivity contribution in [2.45, 2.75) is 37.6 Å². The van der Waals surface area contributed by atoms with Gasteiger partial charge in [-0.15, -0.1) is 4.31 Å². The Bertz CT molecular complexity index is 695. The molecule has 2 heterocycles. The first kappa shape index (κ1) is 16.5. The number of hydrogen-bond acceptors (Lipinski definition) is 5. The van der Waals surface area contributed by atoms with Crippen molar-refractivity contribution in [1.82, 2.24) is 14.6 Å². The summed E-state index contributed by atoms with van der Waals surface area (Å²) in [4.78, 5) is 4.82. The molecule has 0 bridgehead atoms. The van der Waals surface area contributed by atoms with Crippen LogP contribution in [0.1, 0.15) is 25.8 Å². The van der Waals surface area contributed by atoms with Crippen LogP contribution in [0.25, 0.3) is 10.8 Å². The minimum absolute atomic E-state index is 0.00151. The van der Waals surface area contributed by atoms with Crippen LogP contribution in [-0.2, 0) is 17.8 Å². The molecule has 1 aromatic carbocycles. The number of hydrogen-bond donors (Lipinski definition) is 2. The molecule has 124 valence electrons. The summed E-state index contributed by atoms with van der Waals surface area (Å²) in [7, 11) is 0. The summed E-state index contributed by atoms with van der Waals surface area (Å²) in [6, 6.07) is 5.79. The van der Waals surface area contributed by atoms with Crippen LogP contribution in [0.15, 0.2) is 29.3 Å². The minimum atomic E-state index is -1.25. The summed E-state index contributed by atoms with van der Waals surface area (Å²) in [6.45, 7) is 6.74. The Hall–Kier alpha value is -1.34. The topological polar surface area (TPSA) is 71.5 Å². The number of fused-ring (bicyclic) bond motifs is 1. The van der Waals surface area contributed by atoms with Gasteiger partial charge in [-0.25, -0.2) is 4.98 Å². The highest BCUT2D eigenvalue weighted by molar-refractivity contribution is 7.89. The second-order valence-electron chi connectivity index (χ2n) is 5.94. The third-order valence-corrected chi connectivity index (χ3v) is 6.06. The molecule has 2 aromatic rings. The summed E-state index contributed by atoms with van der Waals surface area (Å²) in [5, 5.41) is 15.0. The zero-order chi connectivity index (χ0) is 16.4. The molecule has 3 rings (SSSR count). The van der Waals surface area contributed by atoms with E-state index in [1.807, 2.05) is 29.4 Å². The van der Waals surface area contributed by atoms with Gasteiger partial charge in [0, 0.05) is 30.1 Å². The van der Waals surface area contributed by atoms with Crippen LogP contribution in [0.3, 0.4) is 0 Å². The second kappa shape index (κ2) is 7.05. The highest BCUT2D eigenvalue weighted by Gasteiger charge is 2.31. The molecule has 5 nitrogen and oxygen atoms in total. The number of aromatic nitrogens is 1. The Labute approximate surface area is 140 Å². The maximum atomic E-state index is 13.3. The van der Waals surface area contributed by atoms with E-state index >= 15 is 0 Å². The average Bonchev–Trinajstić information content (AvgIpc) is 2.79. The number of nitrogens with one attached hydrogen (secondary N) is 1. The van der Waals surface area contributed by atoms with Gasteiger partial charge in [0.15, 0.2) is 4.90 Å². The van der Waals surface area contributed by atoms with Crippen LogP contribution in [0.4, 0.5) is 0 Å². The number of pyridine rings is 1. The van der Waals surface area contributed by atoms with Crippen LogP contribution in [0.5, 0.6) is 5.88 Å². The molecule has 1 saturated heterocycles. The van der Waals surface area contributed by atoms with Gasteiger partial charge >= 0.3 is 0 Å². The van der Waals surface area contributed by atoms with Gasteiger partial charge in [0.1, 0.15) is 0 Å². The van der Waals surface area contributed by atoms with Gasteiger partial charge in [0.05, 0.1) is 17.4 Å². The van der Waals surface area contributed by atoms with Crippen LogP contribution in [0.2, 0.25) is 0 Å². The molecule has 2 atom stereocenters. The molecule has 1 fully saturated rings. The fourth-order valence-corrected chi connectivity index (χ4v) is 4.66. The highest BCUT2D eigenvalue weighted by Crippen LogP contribution is 2.33. The Morgan fingerprint density at radius 2 is 2.30 bits per heavy atom. The Balaban J connectivity index is 2.09. The third kappa shape index (κ3) is 3.17. The van der Waals surface area contributed by atoms with E-state index in [2.05, 4.69) is 17.2 Å². The Morgan fingerprint density at radius 1 is 1.48 bits per heavy atom. The van der Waals surface area contributed by atoms with Crippen molar-refractivity contribution in [1.29, 1.82) is 0 Å². The molecule has 0 saturated carbocycles. The zero-order valence-electron chi connectivity index (χ0n) is 13.6.